The maximum Gasteiger partial charge on any atom is 0.319 e. The van der Waals surface area contributed by atoms with Crippen molar-refractivity contribution in [3.63, 3.8) is 0 Å². The van der Waals surface area contributed by atoms with Gasteiger partial charge in [-0.3, -0.25) is 0 Å². The number of hydrogen-bond donors (Lipinski definition) is 1. The molecule has 2 amide bonds. The number of nitrogens with one attached hydrogen (secondary N) is 1. The SMILES string of the molecule is O=C(N1CCCC1)N1CCC(c2nc([C@H]3CCCCCN3)no2)CC1. The van der Waals surface area contributed by atoms with Crippen LogP contribution in [0.2, 0.25) is 0 Å². The molecule has 0 spiro atoms. The molecule has 3 saturated heterocycles. The summed E-state index contributed by atoms with van der Waals surface area (Å²) in [6.07, 6.45) is 8.92. The van der Waals surface area contributed by atoms with Crippen LogP contribution in [0.4, 0.5) is 4.79 Å². The van der Waals surface area contributed by atoms with Crippen molar-refractivity contribution in [2.75, 3.05) is 32.7 Å². The summed E-state index contributed by atoms with van der Waals surface area (Å²) in [4.78, 5) is 21.2. The van der Waals surface area contributed by atoms with Crippen LogP contribution in [0.15, 0.2) is 4.52 Å². The van der Waals surface area contributed by atoms with E-state index in [4.69, 9.17) is 9.51 Å². The molecular formula is C18H29N5O2. The van der Waals surface area contributed by atoms with Gasteiger partial charge in [0.15, 0.2) is 5.82 Å². The third kappa shape index (κ3) is 3.81. The summed E-state index contributed by atoms with van der Waals surface area (Å²) in [5.41, 5.74) is 0. The zero-order valence-electron chi connectivity index (χ0n) is 15.0. The maximum absolute atomic E-state index is 12.5. The molecule has 1 aromatic heterocycles. The van der Waals surface area contributed by atoms with Gasteiger partial charge in [0.1, 0.15) is 0 Å². The van der Waals surface area contributed by atoms with E-state index in [1.54, 1.807) is 0 Å². The minimum absolute atomic E-state index is 0.213. The number of urea groups is 1. The van der Waals surface area contributed by atoms with Crippen molar-refractivity contribution < 1.29 is 9.32 Å². The van der Waals surface area contributed by atoms with Crippen molar-refractivity contribution in [2.45, 2.75) is 63.3 Å². The number of nitrogens with zero attached hydrogens (tertiary/aromatic N) is 4. The van der Waals surface area contributed by atoms with Crippen LogP contribution in [-0.2, 0) is 0 Å². The normalized spacial score (nSPS) is 26.0. The van der Waals surface area contributed by atoms with E-state index >= 15 is 0 Å². The predicted molar refractivity (Wildman–Crippen MR) is 93.3 cm³/mol. The number of piperidine rings is 1. The summed E-state index contributed by atoms with van der Waals surface area (Å²) < 4.78 is 5.58. The Morgan fingerprint density at radius 2 is 1.72 bits per heavy atom. The molecule has 25 heavy (non-hydrogen) atoms. The van der Waals surface area contributed by atoms with Gasteiger partial charge in [0.2, 0.25) is 5.89 Å². The number of rotatable bonds is 2. The fourth-order valence-electron chi connectivity index (χ4n) is 4.23. The molecule has 0 saturated carbocycles. The zero-order chi connectivity index (χ0) is 17.1. The molecule has 3 aliphatic rings. The average Bonchev–Trinajstić information content (AvgIpc) is 3.29. The van der Waals surface area contributed by atoms with E-state index in [1.807, 2.05) is 9.80 Å². The summed E-state index contributed by atoms with van der Waals surface area (Å²) in [5, 5.41) is 7.76. The smallest absolute Gasteiger partial charge is 0.319 e. The fourth-order valence-corrected chi connectivity index (χ4v) is 4.23. The average molecular weight is 347 g/mol. The molecule has 4 rings (SSSR count). The molecule has 1 N–H and O–H groups in total. The second-order valence-corrected chi connectivity index (χ2v) is 7.58. The number of carbonyl (C=O) groups is 1. The molecule has 0 aromatic carbocycles. The Hall–Kier alpha value is -1.63. The van der Waals surface area contributed by atoms with E-state index in [2.05, 4.69) is 10.5 Å². The summed E-state index contributed by atoms with van der Waals surface area (Å²) in [6, 6.07) is 0.446. The highest BCUT2D eigenvalue weighted by molar-refractivity contribution is 5.74. The number of amides is 2. The van der Waals surface area contributed by atoms with Gasteiger partial charge in [0, 0.05) is 32.1 Å². The van der Waals surface area contributed by atoms with E-state index in [0.29, 0.717) is 0 Å². The first kappa shape index (κ1) is 16.8. The molecule has 138 valence electrons. The first-order valence-electron chi connectivity index (χ1n) is 9.92. The van der Waals surface area contributed by atoms with Crippen molar-refractivity contribution in [1.29, 1.82) is 0 Å². The Labute approximate surface area is 149 Å². The molecule has 3 fully saturated rings. The lowest BCUT2D eigenvalue weighted by Gasteiger charge is -2.33. The van der Waals surface area contributed by atoms with Crippen LogP contribution < -0.4 is 5.32 Å². The van der Waals surface area contributed by atoms with Crippen molar-refractivity contribution >= 4 is 6.03 Å². The first-order valence-corrected chi connectivity index (χ1v) is 9.92. The quantitative estimate of drug-likeness (QED) is 0.890. The Kier molecular flexibility index (Phi) is 5.20. The molecule has 0 aliphatic carbocycles. The van der Waals surface area contributed by atoms with Gasteiger partial charge in [-0.1, -0.05) is 18.0 Å². The Morgan fingerprint density at radius 1 is 0.960 bits per heavy atom. The third-order valence-electron chi connectivity index (χ3n) is 5.82. The molecule has 4 heterocycles. The van der Waals surface area contributed by atoms with Gasteiger partial charge in [-0.05, 0) is 45.1 Å². The van der Waals surface area contributed by atoms with Gasteiger partial charge in [-0.25, -0.2) is 4.79 Å². The number of likely N-dealkylation sites (tertiary alicyclic amines) is 2. The van der Waals surface area contributed by atoms with Gasteiger partial charge in [0.25, 0.3) is 0 Å². The molecular weight excluding hydrogens is 318 g/mol. The van der Waals surface area contributed by atoms with Crippen LogP contribution in [0.1, 0.15) is 75.0 Å². The van der Waals surface area contributed by atoms with Gasteiger partial charge in [0.05, 0.1) is 6.04 Å². The van der Waals surface area contributed by atoms with Crippen molar-refractivity contribution in [1.82, 2.24) is 25.3 Å². The van der Waals surface area contributed by atoms with Crippen molar-refractivity contribution in [2.24, 2.45) is 0 Å². The lowest BCUT2D eigenvalue weighted by molar-refractivity contribution is 0.144. The fraction of sp³-hybridized carbons (Fsp3) is 0.833. The van der Waals surface area contributed by atoms with E-state index in [0.717, 1.165) is 76.5 Å². The van der Waals surface area contributed by atoms with Gasteiger partial charge in [-0.2, -0.15) is 4.98 Å². The van der Waals surface area contributed by atoms with Gasteiger partial charge < -0.3 is 19.6 Å². The molecule has 0 unspecified atom stereocenters. The van der Waals surface area contributed by atoms with E-state index < -0.39 is 0 Å². The molecule has 3 aliphatic heterocycles. The van der Waals surface area contributed by atoms with E-state index in [9.17, 15) is 4.79 Å². The lowest BCUT2D eigenvalue weighted by Crippen LogP contribution is -2.45. The minimum Gasteiger partial charge on any atom is -0.339 e. The molecule has 0 bridgehead atoms. The third-order valence-corrected chi connectivity index (χ3v) is 5.82. The van der Waals surface area contributed by atoms with Gasteiger partial charge in [-0.15, -0.1) is 0 Å². The summed E-state index contributed by atoms with van der Waals surface area (Å²) >= 11 is 0. The molecule has 7 nitrogen and oxygen atoms in total. The highest BCUT2D eigenvalue weighted by Gasteiger charge is 2.31. The Balaban J connectivity index is 1.32. The van der Waals surface area contributed by atoms with Gasteiger partial charge >= 0.3 is 6.03 Å². The van der Waals surface area contributed by atoms with Crippen LogP contribution in [0, 0.1) is 0 Å². The Morgan fingerprint density at radius 3 is 2.52 bits per heavy atom. The van der Waals surface area contributed by atoms with Crippen molar-refractivity contribution in [3.05, 3.63) is 11.7 Å². The van der Waals surface area contributed by atoms with Crippen LogP contribution in [0.25, 0.3) is 0 Å². The first-order chi connectivity index (χ1) is 12.3. The van der Waals surface area contributed by atoms with Crippen LogP contribution in [-0.4, -0.2) is 58.7 Å². The largest absolute Gasteiger partial charge is 0.339 e. The molecule has 0 radical (unpaired) electrons. The summed E-state index contributed by atoms with van der Waals surface area (Å²) in [5.74, 6) is 1.86. The second-order valence-electron chi connectivity index (χ2n) is 7.58. The summed E-state index contributed by atoms with van der Waals surface area (Å²) in [7, 11) is 0. The number of aromatic nitrogens is 2. The summed E-state index contributed by atoms with van der Waals surface area (Å²) in [6.45, 7) is 4.45. The van der Waals surface area contributed by atoms with E-state index in [1.165, 1.54) is 19.3 Å². The highest BCUT2D eigenvalue weighted by atomic mass is 16.5. The minimum atomic E-state index is 0.213. The zero-order valence-corrected chi connectivity index (χ0v) is 15.0. The monoisotopic (exact) mass is 347 g/mol. The second kappa shape index (κ2) is 7.72. The Bertz CT molecular complexity index is 568. The number of hydrogen-bond acceptors (Lipinski definition) is 5. The van der Waals surface area contributed by atoms with E-state index in [-0.39, 0.29) is 18.0 Å². The number of carbonyl (C=O) groups excluding carboxylic acids is 1. The maximum atomic E-state index is 12.5. The predicted octanol–water partition coefficient (Wildman–Crippen LogP) is 2.67. The molecule has 1 aromatic rings. The highest BCUT2D eigenvalue weighted by Crippen LogP contribution is 2.29. The van der Waals surface area contributed by atoms with Crippen LogP contribution in [0.5, 0.6) is 0 Å². The van der Waals surface area contributed by atoms with Crippen LogP contribution in [0.3, 0.4) is 0 Å². The lowest BCUT2D eigenvalue weighted by atomic mass is 9.97. The molecule has 7 heteroatoms. The molecule has 1 atom stereocenters. The van der Waals surface area contributed by atoms with Crippen molar-refractivity contribution in [3.8, 4) is 0 Å². The standard InChI is InChI=1S/C18H29N5O2/c24-18(22-10-4-5-11-22)23-12-7-14(8-13-23)17-20-16(21-25-17)15-6-2-1-3-9-19-15/h14-15,19H,1-13H2/t15-/m1/s1. The van der Waals surface area contributed by atoms with Crippen LogP contribution >= 0.6 is 0 Å². The topological polar surface area (TPSA) is 74.5 Å².